The van der Waals surface area contributed by atoms with Gasteiger partial charge in [-0.05, 0) is 55.8 Å². The fourth-order valence-electron chi connectivity index (χ4n) is 2.63. The van der Waals surface area contributed by atoms with Gasteiger partial charge in [0.1, 0.15) is 19.0 Å². The summed E-state index contributed by atoms with van der Waals surface area (Å²) in [5, 5.41) is 2.89. The maximum Gasteiger partial charge on any atom is 0.258 e. The summed E-state index contributed by atoms with van der Waals surface area (Å²) in [6.45, 7) is 4.36. The smallest absolute Gasteiger partial charge is 0.258 e. The molecular formula is C20H21NO5. The van der Waals surface area contributed by atoms with Gasteiger partial charge >= 0.3 is 0 Å². The van der Waals surface area contributed by atoms with Gasteiger partial charge in [0.25, 0.3) is 5.91 Å². The van der Waals surface area contributed by atoms with Crippen LogP contribution in [0.5, 0.6) is 17.2 Å². The summed E-state index contributed by atoms with van der Waals surface area (Å²) in [6, 6.07) is 12.1. The number of hydrogen-bond acceptors (Lipinski definition) is 5. The fourth-order valence-corrected chi connectivity index (χ4v) is 2.63. The van der Waals surface area contributed by atoms with Crippen molar-refractivity contribution in [2.45, 2.75) is 19.9 Å². The maximum atomic E-state index is 12.1. The zero-order valence-electron chi connectivity index (χ0n) is 14.8. The molecule has 1 amide bonds. The maximum absolute atomic E-state index is 12.1. The van der Waals surface area contributed by atoms with Crippen LogP contribution in [-0.2, 0) is 4.79 Å². The molecule has 1 atom stereocenters. The molecule has 6 nitrogen and oxygen atoms in total. The van der Waals surface area contributed by atoms with Gasteiger partial charge in [-0.2, -0.15) is 0 Å². The van der Waals surface area contributed by atoms with Crippen LogP contribution < -0.4 is 19.5 Å². The van der Waals surface area contributed by atoms with Crippen LogP contribution in [0.25, 0.3) is 0 Å². The summed E-state index contributed by atoms with van der Waals surface area (Å²) in [5.74, 6) is 1.70. The van der Waals surface area contributed by atoms with Crippen molar-refractivity contribution < 1.29 is 23.8 Å². The number of amides is 1. The van der Waals surface area contributed by atoms with E-state index in [1.54, 1.807) is 24.3 Å². The predicted molar refractivity (Wildman–Crippen MR) is 95.9 cm³/mol. The second kappa shape index (κ2) is 7.91. The lowest BCUT2D eigenvalue weighted by Crippen LogP contribution is -2.31. The molecule has 3 rings (SSSR count). The molecule has 0 spiro atoms. The first kappa shape index (κ1) is 17.8. The van der Waals surface area contributed by atoms with Crippen molar-refractivity contribution in [3.05, 3.63) is 53.6 Å². The van der Waals surface area contributed by atoms with E-state index in [1.165, 1.54) is 6.92 Å². The van der Waals surface area contributed by atoms with Crippen LogP contribution in [-0.4, -0.2) is 31.5 Å². The van der Waals surface area contributed by atoms with E-state index in [9.17, 15) is 9.59 Å². The van der Waals surface area contributed by atoms with Crippen molar-refractivity contribution in [3.63, 3.8) is 0 Å². The second-order valence-electron chi connectivity index (χ2n) is 6.06. The molecular weight excluding hydrogens is 334 g/mol. The number of ether oxygens (including phenoxy) is 3. The topological polar surface area (TPSA) is 73.9 Å². The summed E-state index contributed by atoms with van der Waals surface area (Å²) in [6.07, 6.45) is 0. The van der Waals surface area contributed by atoms with Crippen LogP contribution in [0.3, 0.4) is 0 Å². The average molecular weight is 355 g/mol. The van der Waals surface area contributed by atoms with Crippen LogP contribution in [0, 0.1) is 0 Å². The van der Waals surface area contributed by atoms with E-state index in [0.717, 1.165) is 11.3 Å². The molecule has 136 valence electrons. The molecule has 0 fully saturated rings. The average Bonchev–Trinajstić information content (AvgIpc) is 2.66. The molecule has 26 heavy (non-hydrogen) atoms. The van der Waals surface area contributed by atoms with Crippen molar-refractivity contribution in [3.8, 4) is 17.2 Å². The highest BCUT2D eigenvalue weighted by Gasteiger charge is 2.16. The van der Waals surface area contributed by atoms with Crippen LogP contribution in [0.15, 0.2) is 42.5 Å². The van der Waals surface area contributed by atoms with Crippen LogP contribution in [0.4, 0.5) is 0 Å². The lowest BCUT2D eigenvalue weighted by Gasteiger charge is -2.21. The number of ketones is 1. The van der Waals surface area contributed by atoms with E-state index in [-0.39, 0.29) is 24.3 Å². The molecule has 1 aliphatic heterocycles. The standard InChI is InChI=1S/C20H21NO5/c1-13(16-5-8-18-19(11-16)25-10-9-24-18)21-20(23)12-26-17-6-3-15(4-7-17)14(2)22/h3-8,11,13H,9-10,12H2,1-2H3,(H,21,23). The Labute approximate surface area is 152 Å². The van der Waals surface area contributed by atoms with Crippen molar-refractivity contribution in [1.29, 1.82) is 0 Å². The lowest BCUT2D eigenvalue weighted by atomic mass is 10.1. The fraction of sp³-hybridized carbons (Fsp3) is 0.300. The SMILES string of the molecule is CC(=O)c1ccc(OCC(=O)NC(C)c2ccc3c(c2)OCCO3)cc1. The third kappa shape index (κ3) is 4.33. The molecule has 2 aromatic carbocycles. The van der Waals surface area contributed by atoms with Crippen molar-refractivity contribution in [2.75, 3.05) is 19.8 Å². The number of carbonyl (C=O) groups is 2. The van der Waals surface area contributed by atoms with Crippen molar-refractivity contribution >= 4 is 11.7 Å². The highest BCUT2D eigenvalue weighted by molar-refractivity contribution is 5.94. The Bertz CT molecular complexity index is 800. The minimum atomic E-state index is -0.233. The van der Waals surface area contributed by atoms with E-state index >= 15 is 0 Å². The van der Waals surface area contributed by atoms with Gasteiger partial charge in [-0.15, -0.1) is 0 Å². The number of hydrogen-bond donors (Lipinski definition) is 1. The van der Waals surface area contributed by atoms with Gasteiger partial charge < -0.3 is 19.5 Å². The second-order valence-corrected chi connectivity index (χ2v) is 6.06. The first-order chi connectivity index (χ1) is 12.5. The molecule has 1 unspecified atom stereocenters. The molecule has 0 bridgehead atoms. The van der Waals surface area contributed by atoms with Crippen LogP contribution in [0.1, 0.15) is 35.8 Å². The number of benzene rings is 2. The summed E-state index contributed by atoms with van der Waals surface area (Å²) in [7, 11) is 0. The summed E-state index contributed by atoms with van der Waals surface area (Å²) < 4.78 is 16.5. The first-order valence-electron chi connectivity index (χ1n) is 8.45. The Morgan fingerprint density at radius 1 is 1.08 bits per heavy atom. The van der Waals surface area contributed by atoms with E-state index in [2.05, 4.69) is 5.32 Å². The Hall–Kier alpha value is -3.02. The van der Waals surface area contributed by atoms with Crippen molar-refractivity contribution in [2.24, 2.45) is 0 Å². The molecule has 6 heteroatoms. The molecule has 1 N–H and O–H groups in total. The lowest BCUT2D eigenvalue weighted by molar-refractivity contribution is -0.123. The van der Waals surface area contributed by atoms with E-state index in [4.69, 9.17) is 14.2 Å². The van der Waals surface area contributed by atoms with Gasteiger partial charge in [-0.3, -0.25) is 9.59 Å². The monoisotopic (exact) mass is 355 g/mol. The van der Waals surface area contributed by atoms with Gasteiger partial charge in [-0.1, -0.05) is 6.07 Å². The molecule has 1 aliphatic rings. The normalized spacial score (nSPS) is 13.6. The predicted octanol–water partition coefficient (Wildman–Crippen LogP) is 2.92. The third-order valence-electron chi connectivity index (χ3n) is 4.07. The summed E-state index contributed by atoms with van der Waals surface area (Å²) >= 11 is 0. The zero-order valence-corrected chi connectivity index (χ0v) is 14.8. The summed E-state index contributed by atoms with van der Waals surface area (Å²) in [4.78, 5) is 23.4. The number of rotatable bonds is 6. The minimum Gasteiger partial charge on any atom is -0.486 e. The Kier molecular flexibility index (Phi) is 5.41. The zero-order chi connectivity index (χ0) is 18.5. The molecule has 0 aromatic heterocycles. The van der Waals surface area contributed by atoms with E-state index in [0.29, 0.717) is 30.3 Å². The van der Waals surface area contributed by atoms with Gasteiger partial charge in [0.15, 0.2) is 23.9 Å². The van der Waals surface area contributed by atoms with E-state index < -0.39 is 0 Å². The van der Waals surface area contributed by atoms with Crippen molar-refractivity contribution in [1.82, 2.24) is 5.32 Å². The van der Waals surface area contributed by atoms with E-state index in [1.807, 2.05) is 25.1 Å². The number of nitrogens with one attached hydrogen (secondary N) is 1. The first-order valence-corrected chi connectivity index (χ1v) is 8.45. The highest BCUT2D eigenvalue weighted by Crippen LogP contribution is 2.32. The largest absolute Gasteiger partial charge is 0.486 e. The Morgan fingerprint density at radius 2 is 1.77 bits per heavy atom. The molecule has 0 aliphatic carbocycles. The molecule has 2 aromatic rings. The van der Waals surface area contributed by atoms with Crippen LogP contribution >= 0.6 is 0 Å². The molecule has 1 heterocycles. The minimum absolute atomic E-state index is 0.0115. The quantitative estimate of drug-likeness (QED) is 0.807. The summed E-state index contributed by atoms with van der Waals surface area (Å²) in [5.41, 5.74) is 1.53. The molecule has 0 radical (unpaired) electrons. The number of carbonyl (C=O) groups excluding carboxylic acids is 2. The van der Waals surface area contributed by atoms with Gasteiger partial charge in [0, 0.05) is 5.56 Å². The van der Waals surface area contributed by atoms with Gasteiger partial charge in [0.2, 0.25) is 0 Å². The van der Waals surface area contributed by atoms with Gasteiger partial charge in [-0.25, -0.2) is 0 Å². The van der Waals surface area contributed by atoms with Crippen LogP contribution in [0.2, 0.25) is 0 Å². The number of fused-ring (bicyclic) bond motifs is 1. The Morgan fingerprint density at radius 3 is 2.46 bits per heavy atom. The molecule has 0 saturated heterocycles. The highest BCUT2D eigenvalue weighted by atomic mass is 16.6. The Balaban J connectivity index is 1.53. The number of Topliss-reactive ketones (excluding diaryl/α,β-unsaturated/α-hetero) is 1. The third-order valence-corrected chi connectivity index (χ3v) is 4.07. The molecule has 0 saturated carbocycles. The van der Waals surface area contributed by atoms with Gasteiger partial charge in [0.05, 0.1) is 6.04 Å².